The number of methoxy groups -OCH3 is 1. The number of carbonyl (C=O) groups excluding carboxylic acids is 2. The first kappa shape index (κ1) is 21.4. The molecule has 0 spiro atoms. The second-order valence-electron chi connectivity index (χ2n) is 6.34. The first-order chi connectivity index (χ1) is 13.2. The lowest BCUT2D eigenvalue weighted by molar-refractivity contribution is -0.116. The highest BCUT2D eigenvalue weighted by Gasteiger charge is 2.19. The van der Waals surface area contributed by atoms with Gasteiger partial charge in [0.1, 0.15) is 12.3 Å². The first-order valence-corrected chi connectivity index (χ1v) is 10.8. The van der Waals surface area contributed by atoms with Gasteiger partial charge in [-0.05, 0) is 36.8 Å². The molecule has 0 saturated carbocycles. The number of sulfone groups is 1. The number of hydrogen-bond donors (Lipinski definition) is 1. The fraction of sp³-hybridized carbons (Fsp3) is 0.300. The maximum absolute atomic E-state index is 12.8. The molecule has 0 unspecified atom stereocenters. The van der Waals surface area contributed by atoms with Gasteiger partial charge in [-0.15, -0.1) is 0 Å². The van der Waals surface area contributed by atoms with Gasteiger partial charge in [0, 0.05) is 18.4 Å². The van der Waals surface area contributed by atoms with Crippen LogP contribution in [-0.4, -0.2) is 51.6 Å². The SMILES string of the molecule is CCN(CC(=O)Nc1ccccc1OC)C(=O)c1cccc(CS(C)(=O)=O)c1. The predicted octanol–water partition coefficient (Wildman–Crippen LogP) is 2.34. The van der Waals surface area contributed by atoms with E-state index >= 15 is 0 Å². The van der Waals surface area contributed by atoms with Crippen molar-refractivity contribution in [3.8, 4) is 5.75 Å². The van der Waals surface area contributed by atoms with Crippen molar-refractivity contribution < 1.29 is 22.7 Å². The third-order valence-corrected chi connectivity index (χ3v) is 4.84. The van der Waals surface area contributed by atoms with Gasteiger partial charge >= 0.3 is 0 Å². The van der Waals surface area contributed by atoms with Gasteiger partial charge in [-0.2, -0.15) is 0 Å². The first-order valence-electron chi connectivity index (χ1n) is 8.72. The molecule has 2 aromatic carbocycles. The van der Waals surface area contributed by atoms with E-state index in [2.05, 4.69) is 5.32 Å². The maximum Gasteiger partial charge on any atom is 0.254 e. The van der Waals surface area contributed by atoms with Gasteiger partial charge in [0.05, 0.1) is 18.6 Å². The molecule has 150 valence electrons. The van der Waals surface area contributed by atoms with Crippen molar-refractivity contribution in [3.05, 3.63) is 59.7 Å². The van der Waals surface area contributed by atoms with Crippen LogP contribution in [0.1, 0.15) is 22.8 Å². The third kappa shape index (κ3) is 6.09. The normalized spacial score (nSPS) is 11.0. The molecule has 0 bridgehead atoms. The van der Waals surface area contributed by atoms with Gasteiger partial charge < -0.3 is 15.0 Å². The molecular formula is C20H24N2O5S. The van der Waals surface area contributed by atoms with E-state index in [4.69, 9.17) is 4.74 Å². The topological polar surface area (TPSA) is 92.8 Å². The average molecular weight is 404 g/mol. The highest BCUT2D eigenvalue weighted by molar-refractivity contribution is 7.89. The van der Waals surface area contributed by atoms with Crippen LogP contribution < -0.4 is 10.1 Å². The third-order valence-electron chi connectivity index (χ3n) is 3.99. The summed E-state index contributed by atoms with van der Waals surface area (Å²) in [5.74, 6) is -0.312. The number of anilines is 1. The van der Waals surface area contributed by atoms with Crippen LogP contribution in [0.5, 0.6) is 5.75 Å². The maximum atomic E-state index is 12.8. The molecule has 2 amide bonds. The molecule has 2 aromatic rings. The van der Waals surface area contributed by atoms with Crippen LogP contribution in [0.15, 0.2) is 48.5 Å². The summed E-state index contributed by atoms with van der Waals surface area (Å²) in [6.45, 7) is 1.97. The molecule has 0 atom stereocenters. The second kappa shape index (κ2) is 9.36. The Bertz CT molecular complexity index is 957. The van der Waals surface area contributed by atoms with E-state index in [-0.39, 0.29) is 24.1 Å². The molecular weight excluding hydrogens is 380 g/mol. The zero-order valence-corrected chi connectivity index (χ0v) is 17.0. The summed E-state index contributed by atoms with van der Waals surface area (Å²) < 4.78 is 28.2. The quantitative estimate of drug-likeness (QED) is 0.729. The Morgan fingerprint density at radius 2 is 1.82 bits per heavy atom. The summed E-state index contributed by atoms with van der Waals surface area (Å²) in [5.41, 5.74) is 1.39. The Labute approximate surface area is 165 Å². The van der Waals surface area contributed by atoms with E-state index in [0.29, 0.717) is 29.1 Å². The lowest BCUT2D eigenvalue weighted by atomic mass is 10.1. The van der Waals surface area contributed by atoms with E-state index in [1.807, 2.05) is 0 Å². The molecule has 0 aliphatic rings. The van der Waals surface area contributed by atoms with Gasteiger partial charge in [0.15, 0.2) is 9.84 Å². The minimum Gasteiger partial charge on any atom is -0.495 e. The van der Waals surface area contributed by atoms with Crippen LogP contribution >= 0.6 is 0 Å². The molecule has 0 aliphatic heterocycles. The molecule has 0 radical (unpaired) electrons. The van der Waals surface area contributed by atoms with Crippen molar-refractivity contribution in [3.63, 3.8) is 0 Å². The van der Waals surface area contributed by atoms with Crippen molar-refractivity contribution in [2.24, 2.45) is 0 Å². The second-order valence-corrected chi connectivity index (χ2v) is 8.48. The average Bonchev–Trinajstić information content (AvgIpc) is 2.65. The molecule has 0 fully saturated rings. The number of likely N-dealkylation sites (N-methyl/N-ethyl adjacent to an activating group) is 1. The molecule has 1 N–H and O–H groups in total. The fourth-order valence-corrected chi connectivity index (χ4v) is 3.50. The molecule has 28 heavy (non-hydrogen) atoms. The lowest BCUT2D eigenvalue weighted by Gasteiger charge is -2.21. The molecule has 2 rings (SSSR count). The number of benzene rings is 2. The number of nitrogens with zero attached hydrogens (tertiary/aromatic N) is 1. The van der Waals surface area contributed by atoms with Gasteiger partial charge in [-0.1, -0.05) is 24.3 Å². The van der Waals surface area contributed by atoms with Crippen molar-refractivity contribution >= 4 is 27.3 Å². The lowest BCUT2D eigenvalue weighted by Crippen LogP contribution is -2.38. The molecule has 0 heterocycles. The fourth-order valence-electron chi connectivity index (χ4n) is 2.72. The van der Waals surface area contributed by atoms with Crippen LogP contribution in [-0.2, 0) is 20.4 Å². The Morgan fingerprint density at radius 3 is 2.46 bits per heavy atom. The van der Waals surface area contributed by atoms with Crippen LogP contribution in [0.25, 0.3) is 0 Å². The monoisotopic (exact) mass is 404 g/mol. The Kier molecular flexibility index (Phi) is 7.17. The number of nitrogens with one attached hydrogen (secondary N) is 1. The Morgan fingerprint density at radius 1 is 1.11 bits per heavy atom. The number of amides is 2. The zero-order chi connectivity index (χ0) is 20.7. The van der Waals surface area contributed by atoms with Gasteiger partial charge in [-0.25, -0.2) is 8.42 Å². The van der Waals surface area contributed by atoms with Crippen LogP contribution in [0.4, 0.5) is 5.69 Å². The molecule has 8 heteroatoms. The molecule has 0 aromatic heterocycles. The summed E-state index contributed by atoms with van der Waals surface area (Å²) in [6.07, 6.45) is 1.14. The smallest absolute Gasteiger partial charge is 0.254 e. The van der Waals surface area contributed by atoms with E-state index in [1.54, 1.807) is 55.5 Å². The number of ether oxygens (including phenoxy) is 1. The highest BCUT2D eigenvalue weighted by Crippen LogP contribution is 2.23. The summed E-state index contributed by atoms with van der Waals surface area (Å²) in [5, 5.41) is 2.74. The number of rotatable bonds is 8. The van der Waals surface area contributed by atoms with E-state index in [1.165, 1.54) is 12.0 Å². The summed E-state index contributed by atoms with van der Waals surface area (Å²) in [4.78, 5) is 26.6. The van der Waals surface area contributed by atoms with Crippen molar-refractivity contribution in [1.29, 1.82) is 0 Å². The van der Waals surface area contributed by atoms with Crippen LogP contribution in [0, 0.1) is 0 Å². The van der Waals surface area contributed by atoms with E-state index in [9.17, 15) is 18.0 Å². The standard InChI is InChI=1S/C20H24N2O5S/c1-4-22(13-19(23)21-17-10-5-6-11-18(17)27-2)20(24)16-9-7-8-15(12-16)14-28(3,25)26/h5-12H,4,13-14H2,1-3H3,(H,21,23). The van der Waals surface area contributed by atoms with Crippen molar-refractivity contribution in [2.75, 3.05) is 31.8 Å². The highest BCUT2D eigenvalue weighted by atomic mass is 32.2. The Balaban J connectivity index is 2.11. The minimum atomic E-state index is -3.21. The summed E-state index contributed by atoms with van der Waals surface area (Å²) in [7, 11) is -1.70. The number of carbonyl (C=O) groups is 2. The number of hydrogen-bond acceptors (Lipinski definition) is 5. The van der Waals surface area contributed by atoms with E-state index < -0.39 is 9.84 Å². The van der Waals surface area contributed by atoms with Crippen LogP contribution in [0.3, 0.4) is 0 Å². The van der Waals surface area contributed by atoms with Gasteiger partial charge in [0.2, 0.25) is 5.91 Å². The Hall–Kier alpha value is -2.87. The number of para-hydroxylation sites is 2. The van der Waals surface area contributed by atoms with Crippen molar-refractivity contribution in [2.45, 2.75) is 12.7 Å². The summed E-state index contributed by atoms with van der Waals surface area (Å²) >= 11 is 0. The molecule has 0 aliphatic carbocycles. The van der Waals surface area contributed by atoms with Crippen LogP contribution in [0.2, 0.25) is 0 Å². The predicted molar refractivity (Wildman–Crippen MR) is 108 cm³/mol. The molecule has 7 nitrogen and oxygen atoms in total. The molecule has 0 saturated heterocycles. The summed E-state index contributed by atoms with van der Waals surface area (Å²) in [6, 6.07) is 13.4. The van der Waals surface area contributed by atoms with Gasteiger partial charge in [-0.3, -0.25) is 9.59 Å². The zero-order valence-electron chi connectivity index (χ0n) is 16.1. The minimum absolute atomic E-state index is 0.135. The van der Waals surface area contributed by atoms with Crippen molar-refractivity contribution in [1.82, 2.24) is 4.90 Å². The largest absolute Gasteiger partial charge is 0.495 e. The van der Waals surface area contributed by atoms with Gasteiger partial charge in [0.25, 0.3) is 5.91 Å². The van der Waals surface area contributed by atoms with E-state index in [0.717, 1.165) is 6.26 Å².